The van der Waals surface area contributed by atoms with E-state index in [0.29, 0.717) is 32.6 Å². The van der Waals surface area contributed by atoms with E-state index >= 15 is 0 Å². The summed E-state index contributed by atoms with van der Waals surface area (Å²) in [5.41, 5.74) is -0.126. The second-order valence-corrected chi connectivity index (χ2v) is 4.24. The van der Waals surface area contributed by atoms with Gasteiger partial charge in [0, 0.05) is 12.1 Å². The van der Waals surface area contributed by atoms with Gasteiger partial charge in [-0.05, 0) is 26.7 Å². The molecule has 0 aromatic carbocycles. The summed E-state index contributed by atoms with van der Waals surface area (Å²) in [7, 11) is 0. The largest absolute Gasteiger partial charge is 0.466 e. The van der Waals surface area contributed by atoms with Crippen LogP contribution in [0.4, 0.5) is 0 Å². The topological polar surface area (TPSA) is 64.6 Å². The highest BCUT2D eigenvalue weighted by molar-refractivity contribution is 5.72. The van der Waals surface area contributed by atoms with Crippen molar-refractivity contribution in [2.45, 2.75) is 45.1 Å². The molecular weight excluding hydrogens is 222 g/mol. The molecule has 17 heavy (non-hydrogen) atoms. The number of nitrogens with one attached hydrogen (secondary N) is 1. The molecule has 1 rings (SSSR count). The van der Waals surface area contributed by atoms with Gasteiger partial charge in [0.15, 0.2) is 0 Å². The number of carbonyl (C=O) groups is 2. The summed E-state index contributed by atoms with van der Waals surface area (Å²) in [6.45, 7) is 4.96. The fourth-order valence-electron chi connectivity index (χ4n) is 1.72. The standard InChI is InChI=1S/C12H21NO4/c1-3-16-10(14)5-8-13-12(6-7-12)9-11(15)17-4-2/h13H,3-9H2,1-2H3. The molecule has 0 aromatic heterocycles. The fourth-order valence-corrected chi connectivity index (χ4v) is 1.72. The smallest absolute Gasteiger partial charge is 0.307 e. The van der Waals surface area contributed by atoms with Gasteiger partial charge in [-0.25, -0.2) is 0 Å². The first kappa shape index (κ1) is 14.0. The predicted molar refractivity (Wildman–Crippen MR) is 62.5 cm³/mol. The van der Waals surface area contributed by atoms with Gasteiger partial charge in [0.25, 0.3) is 0 Å². The molecule has 1 N–H and O–H groups in total. The van der Waals surface area contributed by atoms with Crippen molar-refractivity contribution in [1.82, 2.24) is 5.32 Å². The summed E-state index contributed by atoms with van der Waals surface area (Å²) in [6, 6.07) is 0. The summed E-state index contributed by atoms with van der Waals surface area (Å²) in [4.78, 5) is 22.5. The molecule has 1 aliphatic carbocycles. The minimum absolute atomic E-state index is 0.126. The van der Waals surface area contributed by atoms with Gasteiger partial charge < -0.3 is 14.8 Å². The van der Waals surface area contributed by atoms with Gasteiger partial charge >= 0.3 is 11.9 Å². The summed E-state index contributed by atoms with van der Waals surface area (Å²) in [5.74, 6) is -0.374. The summed E-state index contributed by atoms with van der Waals surface area (Å²) >= 11 is 0. The predicted octanol–water partition coefficient (Wildman–Crippen LogP) is 1.01. The molecule has 0 spiro atoms. The van der Waals surface area contributed by atoms with Crippen LogP contribution in [-0.4, -0.2) is 37.2 Å². The molecule has 0 saturated heterocycles. The van der Waals surface area contributed by atoms with Crippen LogP contribution in [0.2, 0.25) is 0 Å². The van der Waals surface area contributed by atoms with Crippen molar-refractivity contribution in [2.24, 2.45) is 0 Å². The van der Waals surface area contributed by atoms with Gasteiger partial charge in [0.2, 0.25) is 0 Å². The number of hydrogen-bond donors (Lipinski definition) is 1. The molecule has 0 unspecified atom stereocenters. The number of rotatable bonds is 8. The zero-order valence-electron chi connectivity index (χ0n) is 10.6. The first-order chi connectivity index (χ1) is 8.12. The third-order valence-corrected chi connectivity index (χ3v) is 2.78. The molecule has 98 valence electrons. The number of hydrogen-bond acceptors (Lipinski definition) is 5. The van der Waals surface area contributed by atoms with Crippen molar-refractivity contribution >= 4 is 11.9 Å². The molecule has 0 bridgehead atoms. The maximum atomic E-state index is 11.3. The Morgan fingerprint density at radius 1 is 1.12 bits per heavy atom. The van der Waals surface area contributed by atoms with Crippen LogP contribution in [0.1, 0.15) is 39.5 Å². The number of carbonyl (C=O) groups excluding carboxylic acids is 2. The molecular formula is C12H21NO4. The molecule has 1 fully saturated rings. The molecule has 5 nitrogen and oxygen atoms in total. The van der Waals surface area contributed by atoms with Crippen LogP contribution < -0.4 is 5.32 Å². The molecule has 0 amide bonds. The summed E-state index contributed by atoms with van der Waals surface area (Å²) in [5, 5.41) is 3.25. The van der Waals surface area contributed by atoms with E-state index in [0.717, 1.165) is 12.8 Å². The van der Waals surface area contributed by atoms with Crippen molar-refractivity contribution in [3.8, 4) is 0 Å². The first-order valence-corrected chi connectivity index (χ1v) is 6.18. The van der Waals surface area contributed by atoms with Crippen LogP contribution in [0, 0.1) is 0 Å². The second-order valence-electron chi connectivity index (χ2n) is 4.24. The highest BCUT2D eigenvalue weighted by atomic mass is 16.5. The zero-order valence-corrected chi connectivity index (χ0v) is 10.6. The minimum atomic E-state index is -0.202. The highest BCUT2D eigenvalue weighted by Crippen LogP contribution is 2.38. The summed E-state index contributed by atoms with van der Waals surface area (Å²) < 4.78 is 9.74. The summed E-state index contributed by atoms with van der Waals surface area (Å²) in [6.07, 6.45) is 2.67. The van der Waals surface area contributed by atoms with E-state index in [9.17, 15) is 9.59 Å². The lowest BCUT2D eigenvalue weighted by atomic mass is 10.2. The molecule has 0 atom stereocenters. The Morgan fingerprint density at radius 3 is 2.24 bits per heavy atom. The van der Waals surface area contributed by atoms with Crippen molar-refractivity contribution in [3.63, 3.8) is 0 Å². The molecule has 0 radical (unpaired) electrons. The minimum Gasteiger partial charge on any atom is -0.466 e. The Labute approximate surface area is 102 Å². The van der Waals surface area contributed by atoms with E-state index in [1.807, 2.05) is 0 Å². The van der Waals surface area contributed by atoms with E-state index in [-0.39, 0.29) is 17.5 Å². The number of esters is 2. The van der Waals surface area contributed by atoms with Gasteiger partial charge in [-0.3, -0.25) is 9.59 Å². The van der Waals surface area contributed by atoms with E-state index in [2.05, 4.69) is 5.32 Å². The lowest BCUT2D eigenvalue weighted by Crippen LogP contribution is -2.35. The van der Waals surface area contributed by atoms with E-state index < -0.39 is 0 Å². The Hall–Kier alpha value is -1.10. The number of ether oxygens (including phenoxy) is 2. The van der Waals surface area contributed by atoms with Gasteiger partial charge in [-0.2, -0.15) is 0 Å². The molecule has 5 heteroatoms. The fraction of sp³-hybridized carbons (Fsp3) is 0.833. The maximum absolute atomic E-state index is 11.3. The molecule has 1 saturated carbocycles. The van der Waals surface area contributed by atoms with Crippen LogP contribution in [0.5, 0.6) is 0 Å². The van der Waals surface area contributed by atoms with Crippen molar-refractivity contribution in [3.05, 3.63) is 0 Å². The third kappa shape index (κ3) is 5.17. The molecule has 0 aliphatic heterocycles. The SMILES string of the molecule is CCOC(=O)CCNC1(CC(=O)OCC)CC1. The average molecular weight is 243 g/mol. The highest BCUT2D eigenvalue weighted by Gasteiger charge is 2.44. The lowest BCUT2D eigenvalue weighted by Gasteiger charge is -2.15. The molecule has 0 heterocycles. The van der Waals surface area contributed by atoms with Crippen LogP contribution in [0.3, 0.4) is 0 Å². The third-order valence-electron chi connectivity index (χ3n) is 2.78. The Morgan fingerprint density at radius 2 is 1.71 bits per heavy atom. The van der Waals surface area contributed by atoms with E-state index in [1.54, 1.807) is 13.8 Å². The second kappa shape index (κ2) is 6.59. The molecule has 1 aliphatic rings. The van der Waals surface area contributed by atoms with E-state index in [4.69, 9.17) is 9.47 Å². The van der Waals surface area contributed by atoms with Crippen LogP contribution >= 0.6 is 0 Å². The van der Waals surface area contributed by atoms with Crippen molar-refractivity contribution < 1.29 is 19.1 Å². The van der Waals surface area contributed by atoms with Gasteiger partial charge in [-0.15, -0.1) is 0 Å². The quantitative estimate of drug-likeness (QED) is 0.645. The van der Waals surface area contributed by atoms with Crippen molar-refractivity contribution in [2.75, 3.05) is 19.8 Å². The Balaban J connectivity index is 2.17. The van der Waals surface area contributed by atoms with Crippen LogP contribution in [-0.2, 0) is 19.1 Å². The van der Waals surface area contributed by atoms with Gasteiger partial charge in [0.1, 0.15) is 0 Å². The van der Waals surface area contributed by atoms with Crippen molar-refractivity contribution in [1.29, 1.82) is 0 Å². The monoisotopic (exact) mass is 243 g/mol. The first-order valence-electron chi connectivity index (χ1n) is 6.18. The van der Waals surface area contributed by atoms with Crippen LogP contribution in [0.15, 0.2) is 0 Å². The average Bonchev–Trinajstić information content (AvgIpc) is 2.98. The maximum Gasteiger partial charge on any atom is 0.307 e. The molecule has 0 aromatic rings. The van der Waals surface area contributed by atoms with E-state index in [1.165, 1.54) is 0 Å². The normalized spacial score (nSPS) is 16.4. The Kier molecular flexibility index (Phi) is 5.41. The van der Waals surface area contributed by atoms with Gasteiger partial charge in [0.05, 0.1) is 26.1 Å². The lowest BCUT2D eigenvalue weighted by molar-refractivity contribution is -0.144. The zero-order chi connectivity index (χ0) is 12.7. The van der Waals surface area contributed by atoms with Crippen LogP contribution in [0.25, 0.3) is 0 Å². The van der Waals surface area contributed by atoms with Gasteiger partial charge in [-0.1, -0.05) is 0 Å². The Bertz CT molecular complexity index is 274.